The van der Waals surface area contributed by atoms with E-state index in [-0.39, 0.29) is 17.3 Å². The molecule has 0 spiro atoms. The van der Waals surface area contributed by atoms with E-state index in [2.05, 4.69) is 10.0 Å². The Kier molecular flexibility index (Phi) is 6.88. The quantitative estimate of drug-likeness (QED) is 0.741. The average molecular weight is 378 g/mol. The SMILES string of the molecule is CC(C)CCNS(=O)(=O)c1ccc(C(=O)NCc2ccccc2F)cc1. The van der Waals surface area contributed by atoms with Crippen LogP contribution < -0.4 is 10.0 Å². The molecule has 0 atom stereocenters. The fraction of sp³-hybridized carbons (Fsp3) is 0.316. The Morgan fingerprint density at radius 3 is 2.35 bits per heavy atom. The Labute approximate surface area is 153 Å². The summed E-state index contributed by atoms with van der Waals surface area (Å²) in [4.78, 5) is 12.2. The van der Waals surface area contributed by atoms with Crippen molar-refractivity contribution in [2.75, 3.05) is 6.54 Å². The molecular weight excluding hydrogens is 355 g/mol. The Hall–Kier alpha value is -2.25. The molecule has 26 heavy (non-hydrogen) atoms. The molecule has 7 heteroatoms. The van der Waals surface area contributed by atoms with E-state index in [9.17, 15) is 17.6 Å². The second-order valence-electron chi connectivity index (χ2n) is 6.38. The van der Waals surface area contributed by atoms with Crippen molar-refractivity contribution in [3.05, 3.63) is 65.5 Å². The van der Waals surface area contributed by atoms with E-state index in [1.807, 2.05) is 13.8 Å². The Morgan fingerprint density at radius 1 is 1.08 bits per heavy atom. The van der Waals surface area contributed by atoms with E-state index < -0.39 is 15.9 Å². The molecule has 0 unspecified atom stereocenters. The van der Waals surface area contributed by atoms with Gasteiger partial charge in [0.25, 0.3) is 5.91 Å². The molecule has 0 aliphatic carbocycles. The van der Waals surface area contributed by atoms with Gasteiger partial charge in [0.1, 0.15) is 5.82 Å². The smallest absolute Gasteiger partial charge is 0.251 e. The average Bonchev–Trinajstić information content (AvgIpc) is 2.60. The summed E-state index contributed by atoms with van der Waals surface area (Å²) in [7, 11) is -3.59. The van der Waals surface area contributed by atoms with E-state index in [4.69, 9.17) is 0 Å². The largest absolute Gasteiger partial charge is 0.348 e. The summed E-state index contributed by atoms with van der Waals surface area (Å²) in [6, 6.07) is 11.8. The van der Waals surface area contributed by atoms with Crippen molar-refractivity contribution in [2.45, 2.75) is 31.7 Å². The topological polar surface area (TPSA) is 75.3 Å². The molecule has 0 aromatic heterocycles. The van der Waals surface area contributed by atoms with E-state index in [0.717, 1.165) is 6.42 Å². The van der Waals surface area contributed by atoms with Gasteiger partial charge < -0.3 is 5.32 Å². The van der Waals surface area contributed by atoms with Crippen LogP contribution in [0.2, 0.25) is 0 Å². The first kappa shape index (κ1) is 20.1. The molecule has 0 saturated carbocycles. The molecule has 2 aromatic carbocycles. The highest BCUT2D eigenvalue weighted by atomic mass is 32.2. The first-order valence-electron chi connectivity index (χ1n) is 8.41. The first-order valence-corrected chi connectivity index (χ1v) is 9.89. The molecule has 140 valence electrons. The maximum Gasteiger partial charge on any atom is 0.251 e. The van der Waals surface area contributed by atoms with Crippen LogP contribution in [-0.4, -0.2) is 20.9 Å². The van der Waals surface area contributed by atoms with Crippen molar-refractivity contribution >= 4 is 15.9 Å². The minimum Gasteiger partial charge on any atom is -0.348 e. The summed E-state index contributed by atoms with van der Waals surface area (Å²) in [5, 5.41) is 2.62. The van der Waals surface area contributed by atoms with Crippen molar-refractivity contribution in [3.63, 3.8) is 0 Å². The molecule has 0 bridgehead atoms. The summed E-state index contributed by atoms with van der Waals surface area (Å²) >= 11 is 0. The van der Waals surface area contributed by atoms with Gasteiger partial charge in [-0.05, 0) is 42.7 Å². The summed E-state index contributed by atoms with van der Waals surface area (Å²) in [6.45, 7) is 4.46. The summed E-state index contributed by atoms with van der Waals surface area (Å²) in [6.07, 6.45) is 0.746. The number of carbonyl (C=O) groups is 1. The zero-order valence-electron chi connectivity index (χ0n) is 14.8. The van der Waals surface area contributed by atoms with Crippen LogP contribution in [-0.2, 0) is 16.6 Å². The molecule has 1 amide bonds. The summed E-state index contributed by atoms with van der Waals surface area (Å²) < 4.78 is 40.5. The molecule has 2 rings (SSSR count). The van der Waals surface area contributed by atoms with Crippen LogP contribution in [0.25, 0.3) is 0 Å². The van der Waals surface area contributed by atoms with Crippen LogP contribution >= 0.6 is 0 Å². The van der Waals surface area contributed by atoms with Crippen molar-refractivity contribution in [3.8, 4) is 0 Å². The number of rotatable bonds is 8. The lowest BCUT2D eigenvalue weighted by atomic mass is 10.1. The summed E-state index contributed by atoms with van der Waals surface area (Å²) in [5.74, 6) is -0.384. The molecular formula is C19H23FN2O3S. The monoisotopic (exact) mass is 378 g/mol. The highest BCUT2D eigenvalue weighted by Gasteiger charge is 2.15. The maximum atomic E-state index is 13.6. The number of carbonyl (C=O) groups excluding carboxylic acids is 1. The van der Waals surface area contributed by atoms with Crippen molar-refractivity contribution in [2.24, 2.45) is 5.92 Å². The Morgan fingerprint density at radius 2 is 1.73 bits per heavy atom. The molecule has 2 aromatic rings. The number of amides is 1. The molecule has 0 aliphatic rings. The molecule has 2 N–H and O–H groups in total. The number of sulfonamides is 1. The van der Waals surface area contributed by atoms with Crippen LogP contribution in [0, 0.1) is 11.7 Å². The molecule has 0 radical (unpaired) electrons. The predicted octanol–water partition coefficient (Wildman–Crippen LogP) is 3.08. The lowest BCUT2D eigenvalue weighted by Gasteiger charge is -2.09. The van der Waals surface area contributed by atoms with Crippen LogP contribution in [0.4, 0.5) is 4.39 Å². The van der Waals surface area contributed by atoms with Gasteiger partial charge >= 0.3 is 0 Å². The number of benzene rings is 2. The Balaban J connectivity index is 1.97. The van der Waals surface area contributed by atoms with Crippen LogP contribution in [0.3, 0.4) is 0 Å². The fourth-order valence-corrected chi connectivity index (χ4v) is 3.32. The zero-order valence-corrected chi connectivity index (χ0v) is 15.6. The molecule has 5 nitrogen and oxygen atoms in total. The second-order valence-corrected chi connectivity index (χ2v) is 8.15. The van der Waals surface area contributed by atoms with E-state index in [1.54, 1.807) is 18.2 Å². The first-order chi connectivity index (χ1) is 12.3. The van der Waals surface area contributed by atoms with E-state index in [0.29, 0.717) is 23.6 Å². The van der Waals surface area contributed by atoms with Gasteiger partial charge in [-0.15, -0.1) is 0 Å². The van der Waals surface area contributed by atoms with Crippen molar-refractivity contribution < 1.29 is 17.6 Å². The van der Waals surface area contributed by atoms with Gasteiger partial charge in [0, 0.05) is 24.2 Å². The van der Waals surface area contributed by atoms with Gasteiger partial charge in [-0.25, -0.2) is 17.5 Å². The van der Waals surface area contributed by atoms with Crippen molar-refractivity contribution in [1.29, 1.82) is 0 Å². The normalized spacial score (nSPS) is 11.5. The highest BCUT2D eigenvalue weighted by Crippen LogP contribution is 2.12. The Bertz CT molecular complexity index is 849. The number of hydrogen-bond donors (Lipinski definition) is 2. The van der Waals surface area contributed by atoms with Gasteiger partial charge in [-0.1, -0.05) is 32.0 Å². The predicted molar refractivity (Wildman–Crippen MR) is 98.7 cm³/mol. The van der Waals surface area contributed by atoms with Gasteiger partial charge in [-0.2, -0.15) is 0 Å². The molecule has 0 fully saturated rings. The van der Waals surface area contributed by atoms with Gasteiger partial charge in [0.15, 0.2) is 0 Å². The third kappa shape index (κ3) is 5.64. The minimum atomic E-state index is -3.59. The molecule has 0 saturated heterocycles. The number of nitrogens with one attached hydrogen (secondary N) is 2. The lowest BCUT2D eigenvalue weighted by Crippen LogP contribution is -2.26. The second kappa shape index (κ2) is 8.91. The third-order valence-corrected chi connectivity index (χ3v) is 5.31. The van der Waals surface area contributed by atoms with Crippen LogP contribution in [0.5, 0.6) is 0 Å². The van der Waals surface area contributed by atoms with E-state index >= 15 is 0 Å². The number of hydrogen-bond acceptors (Lipinski definition) is 3. The van der Waals surface area contributed by atoms with Gasteiger partial charge in [-0.3, -0.25) is 4.79 Å². The van der Waals surface area contributed by atoms with Crippen molar-refractivity contribution in [1.82, 2.24) is 10.0 Å². The maximum absolute atomic E-state index is 13.6. The molecule has 0 heterocycles. The van der Waals surface area contributed by atoms with Crippen LogP contribution in [0.1, 0.15) is 36.2 Å². The zero-order chi connectivity index (χ0) is 19.2. The van der Waals surface area contributed by atoms with E-state index in [1.165, 1.54) is 30.3 Å². The van der Waals surface area contributed by atoms with Crippen LogP contribution in [0.15, 0.2) is 53.4 Å². The highest BCUT2D eigenvalue weighted by molar-refractivity contribution is 7.89. The van der Waals surface area contributed by atoms with Gasteiger partial charge in [0.2, 0.25) is 10.0 Å². The van der Waals surface area contributed by atoms with Gasteiger partial charge in [0.05, 0.1) is 4.90 Å². The third-order valence-electron chi connectivity index (χ3n) is 3.84. The minimum absolute atomic E-state index is 0.0579. The standard InChI is InChI=1S/C19H23FN2O3S/c1-14(2)11-12-22-26(24,25)17-9-7-15(8-10-17)19(23)21-13-16-5-3-4-6-18(16)20/h3-10,14,22H,11-13H2,1-2H3,(H,21,23). The molecule has 0 aliphatic heterocycles. The summed E-state index contributed by atoms with van der Waals surface area (Å²) in [5.41, 5.74) is 0.692. The number of halogens is 1. The lowest BCUT2D eigenvalue weighted by molar-refractivity contribution is 0.0950. The fourth-order valence-electron chi connectivity index (χ4n) is 2.27.